The molecule has 0 fully saturated rings. The van der Waals surface area contributed by atoms with Crippen LogP contribution < -0.4 is 5.32 Å². The smallest absolute Gasteiger partial charge is 0.337 e. The van der Waals surface area contributed by atoms with Crippen molar-refractivity contribution in [1.29, 1.82) is 0 Å². The Hall–Kier alpha value is -3.01. The Kier molecular flexibility index (Phi) is 6.04. The predicted molar refractivity (Wildman–Crippen MR) is 101 cm³/mol. The molecule has 0 bridgehead atoms. The van der Waals surface area contributed by atoms with Gasteiger partial charge in [-0.1, -0.05) is 23.7 Å². The number of carbonyl (C=O) groups is 1. The number of nitrogens with zero attached hydrogens (tertiary/aromatic N) is 2. The maximum Gasteiger partial charge on any atom is 0.416 e. The summed E-state index contributed by atoms with van der Waals surface area (Å²) in [6, 6.07) is 6.46. The molecule has 0 radical (unpaired) electrons. The first-order valence-corrected chi connectivity index (χ1v) is 9.11. The fraction of sp³-hybridized carbons (Fsp3) is 0.200. The highest BCUT2D eigenvalue weighted by Gasteiger charge is 2.43. The minimum Gasteiger partial charge on any atom is -0.337 e. The van der Waals surface area contributed by atoms with Gasteiger partial charge in [0, 0.05) is 5.02 Å². The maximum absolute atomic E-state index is 13.6. The van der Waals surface area contributed by atoms with Crippen molar-refractivity contribution >= 4 is 17.5 Å². The number of nitrogens with one attached hydrogen (secondary N) is 1. The summed E-state index contributed by atoms with van der Waals surface area (Å²) < 4.78 is 80.8. The third kappa shape index (κ3) is 5.01. The molecule has 1 aromatic heterocycles. The third-order valence-corrected chi connectivity index (χ3v) is 4.73. The molecular formula is C20H14ClF6N3O. The van der Waals surface area contributed by atoms with E-state index >= 15 is 0 Å². The highest BCUT2D eigenvalue weighted by Crippen LogP contribution is 2.36. The van der Waals surface area contributed by atoms with Gasteiger partial charge in [0.1, 0.15) is 0 Å². The molecule has 3 aromatic rings. The normalized spacial score (nSPS) is 13.2. The van der Waals surface area contributed by atoms with Gasteiger partial charge >= 0.3 is 12.4 Å². The van der Waals surface area contributed by atoms with Crippen LogP contribution in [-0.2, 0) is 6.18 Å². The lowest BCUT2D eigenvalue weighted by Crippen LogP contribution is -2.38. The van der Waals surface area contributed by atoms with Crippen molar-refractivity contribution in [3.8, 4) is 5.69 Å². The Balaban J connectivity index is 1.92. The Morgan fingerprint density at radius 1 is 1.06 bits per heavy atom. The SMILES string of the molecule is Cc1c(C(=O)NC(c2cccc(C(F)(F)F)c2)C(F)(F)F)cnn1-c1ccc(Cl)cc1. The number of halogens is 7. The van der Waals surface area contributed by atoms with E-state index in [2.05, 4.69) is 5.10 Å². The molecule has 0 aliphatic rings. The first-order chi connectivity index (χ1) is 14.4. The third-order valence-electron chi connectivity index (χ3n) is 4.48. The van der Waals surface area contributed by atoms with E-state index in [0.29, 0.717) is 22.8 Å². The van der Waals surface area contributed by atoms with Gasteiger partial charge in [0.05, 0.1) is 28.7 Å². The standard InChI is InChI=1S/C20H14ClF6N3O/c1-11-16(10-28-30(11)15-7-5-14(21)6-8-15)18(31)29-17(20(25,26)27)12-3-2-4-13(9-12)19(22,23)24/h2-10,17H,1H3,(H,29,31). The fourth-order valence-electron chi connectivity index (χ4n) is 2.93. The molecule has 1 N–H and O–H groups in total. The van der Waals surface area contributed by atoms with Gasteiger partial charge in [-0.25, -0.2) is 4.68 Å². The van der Waals surface area contributed by atoms with E-state index in [0.717, 1.165) is 18.3 Å². The molecule has 0 saturated carbocycles. The van der Waals surface area contributed by atoms with Gasteiger partial charge in [-0.3, -0.25) is 4.79 Å². The summed E-state index contributed by atoms with van der Waals surface area (Å²) in [6.45, 7) is 1.48. The largest absolute Gasteiger partial charge is 0.416 e. The fourth-order valence-corrected chi connectivity index (χ4v) is 3.06. The van der Waals surface area contributed by atoms with Gasteiger partial charge in [0.2, 0.25) is 0 Å². The summed E-state index contributed by atoms with van der Waals surface area (Å²) in [5, 5.41) is 6.24. The number of alkyl halides is 6. The molecule has 0 aliphatic heterocycles. The molecule has 11 heteroatoms. The van der Waals surface area contributed by atoms with Crippen LogP contribution in [0.25, 0.3) is 5.69 Å². The second kappa shape index (κ2) is 8.26. The van der Waals surface area contributed by atoms with Crippen LogP contribution in [0, 0.1) is 6.92 Å². The van der Waals surface area contributed by atoms with Gasteiger partial charge in [-0.05, 0) is 48.9 Å². The van der Waals surface area contributed by atoms with Crippen molar-refractivity contribution in [1.82, 2.24) is 15.1 Å². The van der Waals surface area contributed by atoms with Gasteiger partial charge in [0.25, 0.3) is 5.91 Å². The van der Waals surface area contributed by atoms with E-state index in [9.17, 15) is 31.1 Å². The van der Waals surface area contributed by atoms with Crippen LogP contribution in [0.3, 0.4) is 0 Å². The molecular weight excluding hydrogens is 448 g/mol. The molecule has 164 valence electrons. The summed E-state index contributed by atoms with van der Waals surface area (Å²) in [6.07, 6.45) is -8.77. The van der Waals surface area contributed by atoms with Crippen LogP contribution in [0.15, 0.2) is 54.7 Å². The molecule has 2 aromatic carbocycles. The minimum atomic E-state index is -5.03. The van der Waals surface area contributed by atoms with Gasteiger partial charge in [-0.15, -0.1) is 0 Å². The summed E-state index contributed by atoms with van der Waals surface area (Å²) >= 11 is 5.82. The van der Waals surface area contributed by atoms with E-state index in [4.69, 9.17) is 11.6 Å². The number of benzene rings is 2. The molecule has 0 spiro atoms. The Labute approximate surface area is 177 Å². The number of hydrogen-bond donors (Lipinski definition) is 1. The highest BCUT2D eigenvalue weighted by molar-refractivity contribution is 6.30. The molecule has 1 atom stereocenters. The zero-order valence-electron chi connectivity index (χ0n) is 15.7. The Morgan fingerprint density at radius 3 is 2.29 bits per heavy atom. The molecule has 1 unspecified atom stereocenters. The van der Waals surface area contributed by atoms with Crippen molar-refractivity contribution in [2.75, 3.05) is 0 Å². The van der Waals surface area contributed by atoms with Gasteiger partial charge in [0.15, 0.2) is 6.04 Å². The minimum absolute atomic E-state index is 0.156. The molecule has 4 nitrogen and oxygen atoms in total. The van der Waals surface area contributed by atoms with Gasteiger partial charge in [-0.2, -0.15) is 31.4 Å². The van der Waals surface area contributed by atoms with E-state index < -0.39 is 35.4 Å². The van der Waals surface area contributed by atoms with Gasteiger partial charge < -0.3 is 5.32 Å². The van der Waals surface area contributed by atoms with E-state index in [1.807, 2.05) is 0 Å². The molecule has 0 aliphatic carbocycles. The number of rotatable bonds is 4. The maximum atomic E-state index is 13.6. The monoisotopic (exact) mass is 461 g/mol. The molecule has 1 heterocycles. The predicted octanol–water partition coefficient (Wildman–Crippen LogP) is 5.89. The van der Waals surface area contributed by atoms with Crippen LogP contribution >= 0.6 is 11.6 Å². The summed E-state index contributed by atoms with van der Waals surface area (Å²) in [5.74, 6) is -1.13. The number of aromatic nitrogens is 2. The van der Waals surface area contributed by atoms with Crippen molar-refractivity contribution in [2.45, 2.75) is 25.3 Å². The van der Waals surface area contributed by atoms with Crippen LogP contribution in [0.1, 0.15) is 33.2 Å². The second-order valence-electron chi connectivity index (χ2n) is 6.60. The Bertz CT molecular complexity index is 1090. The van der Waals surface area contributed by atoms with Crippen molar-refractivity contribution < 1.29 is 31.1 Å². The first-order valence-electron chi connectivity index (χ1n) is 8.73. The van der Waals surface area contributed by atoms with Crippen LogP contribution in [0.2, 0.25) is 5.02 Å². The number of carbonyl (C=O) groups excluding carboxylic acids is 1. The van der Waals surface area contributed by atoms with E-state index in [1.54, 1.807) is 29.6 Å². The molecule has 31 heavy (non-hydrogen) atoms. The number of amides is 1. The molecule has 3 rings (SSSR count). The molecule has 0 saturated heterocycles. The van der Waals surface area contributed by atoms with Crippen molar-refractivity contribution in [2.24, 2.45) is 0 Å². The highest BCUT2D eigenvalue weighted by atomic mass is 35.5. The van der Waals surface area contributed by atoms with Crippen LogP contribution in [0.5, 0.6) is 0 Å². The topological polar surface area (TPSA) is 46.9 Å². The van der Waals surface area contributed by atoms with Crippen LogP contribution in [0.4, 0.5) is 26.3 Å². The second-order valence-corrected chi connectivity index (χ2v) is 7.04. The van der Waals surface area contributed by atoms with Crippen LogP contribution in [-0.4, -0.2) is 21.9 Å². The number of hydrogen-bond acceptors (Lipinski definition) is 2. The van der Waals surface area contributed by atoms with E-state index in [1.165, 1.54) is 11.6 Å². The Morgan fingerprint density at radius 2 is 1.71 bits per heavy atom. The lowest BCUT2D eigenvalue weighted by molar-refractivity contribution is -0.156. The van der Waals surface area contributed by atoms with Crippen molar-refractivity contribution in [3.05, 3.63) is 82.1 Å². The summed E-state index contributed by atoms with van der Waals surface area (Å²) in [5.41, 5.74) is -1.38. The first kappa shape index (κ1) is 22.7. The molecule has 1 amide bonds. The quantitative estimate of drug-likeness (QED) is 0.493. The zero-order chi connectivity index (χ0) is 23.0. The average molecular weight is 462 g/mol. The lowest BCUT2D eigenvalue weighted by atomic mass is 10.0. The summed E-state index contributed by atoms with van der Waals surface area (Å²) in [7, 11) is 0. The summed E-state index contributed by atoms with van der Waals surface area (Å²) in [4.78, 5) is 12.6. The zero-order valence-corrected chi connectivity index (χ0v) is 16.5. The average Bonchev–Trinajstić information content (AvgIpc) is 3.06. The van der Waals surface area contributed by atoms with Crippen molar-refractivity contribution in [3.63, 3.8) is 0 Å². The lowest BCUT2D eigenvalue weighted by Gasteiger charge is -2.23. The van der Waals surface area contributed by atoms with E-state index in [-0.39, 0.29) is 11.3 Å².